The van der Waals surface area contributed by atoms with Crippen LogP contribution >= 0.6 is 11.6 Å². The maximum Gasteiger partial charge on any atom is 0.287 e. The molecular weight excluding hydrogens is 400 g/mol. The monoisotopic (exact) mass is 418 g/mol. The Hall–Kier alpha value is -3.64. The fourth-order valence-electron chi connectivity index (χ4n) is 3.42. The second kappa shape index (κ2) is 8.39. The first kappa shape index (κ1) is 19.7. The first-order chi connectivity index (χ1) is 14.6. The number of hydrogen-bond donors (Lipinski definition) is 3. The van der Waals surface area contributed by atoms with Gasteiger partial charge in [-0.3, -0.25) is 10.2 Å². The lowest BCUT2D eigenvalue weighted by Crippen LogP contribution is -2.38. The Balaban J connectivity index is 1.53. The van der Waals surface area contributed by atoms with Crippen LogP contribution in [0.5, 0.6) is 5.75 Å². The van der Waals surface area contributed by atoms with E-state index in [9.17, 15) is 9.90 Å². The van der Waals surface area contributed by atoms with Crippen LogP contribution < -0.4 is 10.9 Å². The third-order valence-corrected chi connectivity index (χ3v) is 5.20. The molecule has 150 valence electrons. The van der Waals surface area contributed by atoms with Gasteiger partial charge in [0, 0.05) is 17.0 Å². The molecule has 1 aliphatic rings. The minimum atomic E-state index is -0.635. The summed E-state index contributed by atoms with van der Waals surface area (Å²) in [5.74, 6) is -0.404. The van der Waals surface area contributed by atoms with E-state index in [1.54, 1.807) is 12.1 Å². The van der Waals surface area contributed by atoms with E-state index in [-0.39, 0.29) is 5.75 Å². The Morgan fingerprint density at radius 1 is 1.07 bits per heavy atom. The van der Waals surface area contributed by atoms with Gasteiger partial charge < -0.3 is 5.11 Å². The summed E-state index contributed by atoms with van der Waals surface area (Å²) in [6.07, 6.45) is 1.70. The Bertz CT molecular complexity index is 1080. The van der Waals surface area contributed by atoms with E-state index in [0.29, 0.717) is 22.7 Å². The second-order valence-electron chi connectivity index (χ2n) is 6.89. The van der Waals surface area contributed by atoms with E-state index >= 15 is 0 Å². The number of phenolic OH excluding ortho intramolecular Hbond substituents is 1. The lowest BCUT2D eigenvalue weighted by Gasteiger charge is -2.30. The van der Waals surface area contributed by atoms with Crippen molar-refractivity contribution in [2.24, 2.45) is 10.2 Å². The molecule has 0 atom stereocenters. The normalized spacial score (nSPS) is 14.9. The van der Waals surface area contributed by atoms with Gasteiger partial charge in [0.1, 0.15) is 17.0 Å². The fraction of sp³-hybridized carbons (Fsp3) is 0.0870. The summed E-state index contributed by atoms with van der Waals surface area (Å²) in [6, 6.07) is 24.4. The summed E-state index contributed by atoms with van der Waals surface area (Å²) in [5, 5.41) is 18.5. The molecule has 0 saturated heterocycles. The van der Waals surface area contributed by atoms with E-state index in [1.165, 1.54) is 12.3 Å². The molecule has 0 unspecified atom stereocenters. The summed E-state index contributed by atoms with van der Waals surface area (Å²) in [4.78, 5) is 12.7. The zero-order valence-electron chi connectivity index (χ0n) is 15.9. The molecule has 0 fully saturated rings. The molecule has 4 rings (SSSR count). The molecule has 0 bridgehead atoms. The summed E-state index contributed by atoms with van der Waals surface area (Å²) in [5.41, 5.74) is 7.76. The minimum Gasteiger partial charge on any atom is -0.507 e. The first-order valence-corrected chi connectivity index (χ1v) is 9.73. The van der Waals surface area contributed by atoms with Crippen molar-refractivity contribution in [2.45, 2.75) is 12.0 Å². The topological polar surface area (TPSA) is 86.1 Å². The molecule has 0 aromatic heterocycles. The summed E-state index contributed by atoms with van der Waals surface area (Å²) >= 11 is 5.92. The number of hydrogen-bond acceptors (Lipinski definition) is 5. The van der Waals surface area contributed by atoms with Crippen molar-refractivity contribution in [3.8, 4) is 5.75 Å². The number of carbonyl (C=O) groups is 1. The van der Waals surface area contributed by atoms with Gasteiger partial charge in [-0.1, -0.05) is 72.3 Å². The number of halogens is 1. The van der Waals surface area contributed by atoms with E-state index in [0.717, 1.165) is 11.1 Å². The highest BCUT2D eigenvalue weighted by Crippen LogP contribution is 2.36. The molecule has 1 amide bonds. The number of carbonyl (C=O) groups excluding carboxylic acids is 1. The van der Waals surface area contributed by atoms with Gasteiger partial charge in [-0.2, -0.15) is 10.2 Å². The largest absolute Gasteiger partial charge is 0.507 e. The Morgan fingerprint density at radius 3 is 2.33 bits per heavy atom. The average molecular weight is 419 g/mol. The van der Waals surface area contributed by atoms with Gasteiger partial charge in [-0.05, 0) is 29.3 Å². The molecule has 6 nitrogen and oxygen atoms in total. The highest BCUT2D eigenvalue weighted by molar-refractivity contribution is 6.39. The quantitative estimate of drug-likeness (QED) is 0.435. The molecule has 0 aliphatic carbocycles. The summed E-state index contributed by atoms with van der Waals surface area (Å²) in [7, 11) is 0. The van der Waals surface area contributed by atoms with Crippen LogP contribution in [-0.4, -0.2) is 22.9 Å². The SMILES string of the molecule is O=C(N/N=C/c1cc(Cl)ccc1O)C1=NNC(c2ccccc2)(c2ccccc2)C1. The number of nitrogens with one attached hydrogen (secondary N) is 2. The number of nitrogens with zero attached hydrogens (tertiary/aromatic N) is 2. The van der Waals surface area contributed by atoms with Crippen LogP contribution in [0.1, 0.15) is 23.1 Å². The van der Waals surface area contributed by atoms with Crippen molar-refractivity contribution < 1.29 is 9.90 Å². The predicted octanol–water partition coefficient (Wildman–Crippen LogP) is 3.79. The number of aromatic hydroxyl groups is 1. The predicted molar refractivity (Wildman–Crippen MR) is 118 cm³/mol. The van der Waals surface area contributed by atoms with E-state index in [1.807, 2.05) is 60.7 Å². The third-order valence-electron chi connectivity index (χ3n) is 4.97. The number of hydrazone groups is 2. The van der Waals surface area contributed by atoms with Crippen molar-refractivity contribution in [1.29, 1.82) is 0 Å². The maximum absolute atomic E-state index is 12.7. The number of phenols is 1. The van der Waals surface area contributed by atoms with Gasteiger partial charge in [0.05, 0.1) is 6.21 Å². The molecule has 7 heteroatoms. The van der Waals surface area contributed by atoms with Crippen LogP contribution in [0, 0.1) is 0 Å². The summed E-state index contributed by atoms with van der Waals surface area (Å²) < 4.78 is 0. The number of benzene rings is 3. The van der Waals surface area contributed by atoms with Crippen LogP contribution in [0.3, 0.4) is 0 Å². The molecular formula is C23H19ClN4O2. The third kappa shape index (κ3) is 3.90. The Labute approximate surface area is 178 Å². The van der Waals surface area contributed by atoms with Gasteiger partial charge >= 0.3 is 0 Å². The number of amides is 1. The maximum atomic E-state index is 12.7. The smallest absolute Gasteiger partial charge is 0.287 e. The summed E-state index contributed by atoms with van der Waals surface area (Å²) in [6.45, 7) is 0. The van der Waals surface area contributed by atoms with E-state index < -0.39 is 11.4 Å². The molecule has 1 heterocycles. The minimum absolute atomic E-state index is 0.0180. The fourth-order valence-corrected chi connectivity index (χ4v) is 3.60. The van der Waals surface area contributed by atoms with Crippen LogP contribution in [0.15, 0.2) is 89.1 Å². The average Bonchev–Trinajstić information content (AvgIpc) is 3.24. The molecule has 3 aromatic carbocycles. The Kier molecular flexibility index (Phi) is 5.50. The van der Waals surface area contributed by atoms with Gasteiger partial charge in [0.25, 0.3) is 5.91 Å². The van der Waals surface area contributed by atoms with Crippen LogP contribution in [0.2, 0.25) is 5.02 Å². The lowest BCUT2D eigenvalue weighted by atomic mass is 9.80. The second-order valence-corrected chi connectivity index (χ2v) is 7.32. The molecule has 1 aliphatic heterocycles. The standard InChI is InChI=1S/C23H19ClN4O2/c24-19-11-12-21(29)16(13-19)15-25-27-22(30)20-14-23(28-26-20,17-7-3-1-4-8-17)18-9-5-2-6-10-18/h1-13,15,28-29H,14H2,(H,27,30)/b25-15+. The van der Waals surface area contributed by atoms with Gasteiger partial charge in [0.15, 0.2) is 0 Å². The van der Waals surface area contributed by atoms with E-state index in [4.69, 9.17) is 11.6 Å². The zero-order valence-corrected chi connectivity index (χ0v) is 16.7. The number of rotatable bonds is 5. The molecule has 30 heavy (non-hydrogen) atoms. The van der Waals surface area contributed by atoms with Crippen LogP contribution in [-0.2, 0) is 10.3 Å². The molecule has 3 N–H and O–H groups in total. The van der Waals surface area contributed by atoms with Crippen LogP contribution in [0.25, 0.3) is 0 Å². The molecule has 0 radical (unpaired) electrons. The van der Waals surface area contributed by atoms with Crippen molar-refractivity contribution in [3.05, 3.63) is 101 Å². The van der Waals surface area contributed by atoms with Crippen molar-refractivity contribution in [3.63, 3.8) is 0 Å². The lowest BCUT2D eigenvalue weighted by molar-refractivity contribution is -0.114. The highest BCUT2D eigenvalue weighted by atomic mass is 35.5. The van der Waals surface area contributed by atoms with Gasteiger partial charge in [-0.15, -0.1) is 0 Å². The zero-order chi connectivity index (χ0) is 21.0. The van der Waals surface area contributed by atoms with E-state index in [2.05, 4.69) is 21.1 Å². The molecule has 0 saturated carbocycles. The van der Waals surface area contributed by atoms with Gasteiger partial charge in [0.2, 0.25) is 0 Å². The first-order valence-electron chi connectivity index (χ1n) is 9.35. The Morgan fingerprint density at radius 2 is 1.70 bits per heavy atom. The highest BCUT2D eigenvalue weighted by Gasteiger charge is 2.41. The van der Waals surface area contributed by atoms with Crippen molar-refractivity contribution >= 4 is 29.4 Å². The molecule has 0 spiro atoms. The van der Waals surface area contributed by atoms with Crippen molar-refractivity contribution in [2.75, 3.05) is 0 Å². The molecule has 3 aromatic rings. The van der Waals surface area contributed by atoms with Crippen LogP contribution in [0.4, 0.5) is 0 Å². The van der Waals surface area contributed by atoms with Gasteiger partial charge in [-0.25, -0.2) is 5.43 Å². The van der Waals surface area contributed by atoms with Crippen molar-refractivity contribution in [1.82, 2.24) is 10.9 Å².